The van der Waals surface area contributed by atoms with E-state index in [1.54, 1.807) is 19.2 Å². The third-order valence-electron chi connectivity index (χ3n) is 3.57. The number of ether oxygens (including phenoxy) is 2. The number of allylic oxidation sites excluding steroid dienone is 8. The van der Waals surface area contributed by atoms with Crippen LogP contribution in [-0.4, -0.2) is 25.9 Å². The molecule has 25 heavy (non-hydrogen) atoms. The molecule has 0 fully saturated rings. The Kier molecular flexibility index (Phi) is 8.86. The molecule has 0 bridgehead atoms. The van der Waals surface area contributed by atoms with Gasteiger partial charge >= 0.3 is 0 Å². The van der Waals surface area contributed by atoms with E-state index in [1.165, 1.54) is 0 Å². The van der Waals surface area contributed by atoms with Gasteiger partial charge in [-0.25, -0.2) is 5.01 Å². The molecule has 0 atom stereocenters. The first-order valence-corrected chi connectivity index (χ1v) is 8.41. The van der Waals surface area contributed by atoms with E-state index in [1.807, 2.05) is 50.3 Å². The zero-order chi connectivity index (χ0) is 18.7. The maximum atomic E-state index is 5.52. The Labute approximate surface area is 151 Å². The van der Waals surface area contributed by atoms with Crippen LogP contribution < -0.4 is 0 Å². The summed E-state index contributed by atoms with van der Waals surface area (Å²) in [5.74, 6) is 1.45. The smallest absolute Gasteiger partial charge is 0.131 e. The van der Waals surface area contributed by atoms with E-state index < -0.39 is 0 Å². The fourth-order valence-corrected chi connectivity index (χ4v) is 2.39. The van der Waals surface area contributed by atoms with Gasteiger partial charge in [-0.2, -0.15) is 5.10 Å². The summed E-state index contributed by atoms with van der Waals surface area (Å²) in [6.45, 7) is 11.9. The lowest BCUT2D eigenvalue weighted by molar-refractivity contribution is 0.280. The van der Waals surface area contributed by atoms with Gasteiger partial charge in [0.2, 0.25) is 0 Å². The summed E-state index contributed by atoms with van der Waals surface area (Å²) < 4.78 is 10.8. The Morgan fingerprint density at radius 2 is 1.84 bits per heavy atom. The fraction of sp³-hybridized carbons (Fsp3) is 0.286. The van der Waals surface area contributed by atoms with Gasteiger partial charge in [0.25, 0.3) is 0 Å². The normalized spacial score (nSPS) is 15.8. The van der Waals surface area contributed by atoms with Crippen LogP contribution in [0.5, 0.6) is 0 Å². The molecule has 0 aromatic carbocycles. The van der Waals surface area contributed by atoms with Gasteiger partial charge in [0, 0.05) is 18.4 Å². The van der Waals surface area contributed by atoms with Gasteiger partial charge in [-0.05, 0) is 25.0 Å². The predicted molar refractivity (Wildman–Crippen MR) is 106 cm³/mol. The van der Waals surface area contributed by atoms with E-state index in [0.29, 0.717) is 11.5 Å². The van der Waals surface area contributed by atoms with Gasteiger partial charge in [0.05, 0.1) is 25.6 Å². The summed E-state index contributed by atoms with van der Waals surface area (Å²) in [6, 6.07) is 0. The van der Waals surface area contributed by atoms with Crippen molar-refractivity contribution in [2.75, 3.05) is 14.2 Å². The minimum atomic E-state index is 0.686. The molecule has 2 aliphatic rings. The lowest BCUT2D eigenvalue weighted by Crippen LogP contribution is -2.17. The zero-order valence-electron chi connectivity index (χ0n) is 15.7. The van der Waals surface area contributed by atoms with Crippen molar-refractivity contribution in [2.24, 2.45) is 5.10 Å². The van der Waals surface area contributed by atoms with Crippen LogP contribution in [-0.2, 0) is 9.47 Å². The summed E-state index contributed by atoms with van der Waals surface area (Å²) in [5.41, 5.74) is 2.50. The molecule has 0 unspecified atom stereocenters. The minimum Gasteiger partial charge on any atom is -0.497 e. The molecule has 2 aliphatic carbocycles. The average Bonchev–Trinajstić information content (AvgIpc) is 3.04. The minimum absolute atomic E-state index is 0.686. The number of methoxy groups -OCH3 is 2. The van der Waals surface area contributed by atoms with Gasteiger partial charge in [0.15, 0.2) is 0 Å². The first-order valence-electron chi connectivity index (χ1n) is 8.41. The fourth-order valence-electron chi connectivity index (χ4n) is 2.39. The van der Waals surface area contributed by atoms with Crippen molar-refractivity contribution in [1.82, 2.24) is 5.01 Å². The SMILES string of the molecule is C=NN(C(=C)C1=CCC=C(OC)C=C1OC)C1=CCC=CC=C1.CC. The summed E-state index contributed by atoms with van der Waals surface area (Å²) in [5, 5.41) is 5.85. The van der Waals surface area contributed by atoms with Crippen LogP contribution in [0.1, 0.15) is 26.7 Å². The molecular weight excluding hydrogens is 312 g/mol. The molecule has 0 saturated heterocycles. The summed E-state index contributed by atoms with van der Waals surface area (Å²) in [7, 11) is 3.27. The Morgan fingerprint density at radius 3 is 2.48 bits per heavy atom. The molecule has 4 nitrogen and oxygen atoms in total. The lowest BCUT2D eigenvalue weighted by Gasteiger charge is -2.24. The predicted octanol–water partition coefficient (Wildman–Crippen LogP) is 5.23. The van der Waals surface area contributed by atoms with Crippen molar-refractivity contribution in [3.05, 3.63) is 83.7 Å². The van der Waals surface area contributed by atoms with Crippen LogP contribution in [0.15, 0.2) is 88.8 Å². The van der Waals surface area contributed by atoms with E-state index >= 15 is 0 Å². The highest BCUT2D eigenvalue weighted by Crippen LogP contribution is 2.29. The third kappa shape index (κ3) is 5.38. The van der Waals surface area contributed by atoms with Crippen molar-refractivity contribution in [1.29, 1.82) is 0 Å². The molecule has 0 heterocycles. The molecule has 0 N–H and O–H groups in total. The Morgan fingerprint density at radius 1 is 1.08 bits per heavy atom. The van der Waals surface area contributed by atoms with E-state index in [2.05, 4.69) is 30.5 Å². The quantitative estimate of drug-likeness (QED) is 0.490. The number of rotatable bonds is 6. The largest absolute Gasteiger partial charge is 0.497 e. The Balaban J connectivity index is 0.00000151. The van der Waals surface area contributed by atoms with Crippen LogP contribution in [0.2, 0.25) is 0 Å². The molecule has 0 aromatic rings. The number of hydrogen-bond donors (Lipinski definition) is 0. The summed E-state index contributed by atoms with van der Waals surface area (Å²) >= 11 is 0. The van der Waals surface area contributed by atoms with E-state index in [-0.39, 0.29) is 0 Å². The molecular formula is C21H28N2O2. The topological polar surface area (TPSA) is 34.1 Å². The summed E-state index contributed by atoms with van der Waals surface area (Å²) in [6.07, 6.45) is 17.6. The van der Waals surface area contributed by atoms with Crippen molar-refractivity contribution >= 4 is 6.72 Å². The maximum Gasteiger partial charge on any atom is 0.131 e. The standard InChI is InChI=1S/C19H22N2O2.C2H6/c1-15(21(20-2)16-10-7-5-6-8-11-16)18-13-9-12-17(22-3)14-19(18)23-4;1-2/h5-7,10-14H,1-2,8-9H2,3-4H3;1-2H3. The second-order valence-corrected chi connectivity index (χ2v) is 4.93. The van der Waals surface area contributed by atoms with Gasteiger partial charge < -0.3 is 9.47 Å². The molecule has 134 valence electrons. The van der Waals surface area contributed by atoms with Crippen molar-refractivity contribution < 1.29 is 9.47 Å². The van der Waals surface area contributed by atoms with Crippen molar-refractivity contribution in [2.45, 2.75) is 26.7 Å². The van der Waals surface area contributed by atoms with Gasteiger partial charge in [-0.1, -0.05) is 50.8 Å². The van der Waals surface area contributed by atoms with E-state index in [4.69, 9.17) is 9.47 Å². The van der Waals surface area contributed by atoms with E-state index in [9.17, 15) is 0 Å². The molecule has 0 saturated carbocycles. The van der Waals surface area contributed by atoms with Crippen LogP contribution in [0.3, 0.4) is 0 Å². The molecule has 0 aromatic heterocycles. The second-order valence-electron chi connectivity index (χ2n) is 4.93. The first kappa shape index (κ1) is 20.3. The molecule has 0 radical (unpaired) electrons. The summed E-state index contributed by atoms with van der Waals surface area (Å²) in [4.78, 5) is 0. The highest BCUT2D eigenvalue weighted by molar-refractivity contribution is 5.48. The maximum absolute atomic E-state index is 5.52. The number of hydrazone groups is 1. The van der Waals surface area contributed by atoms with Gasteiger partial charge in [-0.3, -0.25) is 0 Å². The van der Waals surface area contributed by atoms with E-state index in [0.717, 1.165) is 29.9 Å². The van der Waals surface area contributed by atoms with Crippen molar-refractivity contribution in [3.63, 3.8) is 0 Å². The molecule has 0 amide bonds. The highest BCUT2D eigenvalue weighted by atomic mass is 16.5. The molecule has 0 aliphatic heterocycles. The Hall–Kier alpha value is -2.75. The van der Waals surface area contributed by atoms with Gasteiger partial charge in [0.1, 0.15) is 11.5 Å². The van der Waals surface area contributed by atoms with Crippen LogP contribution in [0, 0.1) is 0 Å². The molecule has 0 spiro atoms. The average molecular weight is 340 g/mol. The number of nitrogens with zero attached hydrogens (tertiary/aromatic N) is 2. The van der Waals surface area contributed by atoms with Gasteiger partial charge in [-0.15, -0.1) is 0 Å². The van der Waals surface area contributed by atoms with Crippen LogP contribution >= 0.6 is 0 Å². The monoisotopic (exact) mass is 340 g/mol. The Bertz CT molecular complexity index is 661. The number of hydrogen-bond acceptors (Lipinski definition) is 4. The molecule has 2 rings (SSSR count). The van der Waals surface area contributed by atoms with Crippen LogP contribution in [0.25, 0.3) is 0 Å². The second kappa shape index (κ2) is 10.9. The first-order chi connectivity index (χ1) is 12.2. The van der Waals surface area contributed by atoms with Crippen LogP contribution in [0.4, 0.5) is 0 Å². The highest BCUT2D eigenvalue weighted by Gasteiger charge is 2.19. The van der Waals surface area contributed by atoms with Crippen molar-refractivity contribution in [3.8, 4) is 0 Å². The third-order valence-corrected chi connectivity index (χ3v) is 3.57. The zero-order valence-corrected chi connectivity index (χ0v) is 15.7. The lowest BCUT2D eigenvalue weighted by atomic mass is 10.1. The molecule has 4 heteroatoms.